The van der Waals surface area contributed by atoms with Gasteiger partial charge in [-0.05, 0) is 26.2 Å². The summed E-state index contributed by atoms with van der Waals surface area (Å²) in [6.07, 6.45) is 10.9. The molecule has 1 aliphatic carbocycles. The fourth-order valence-corrected chi connectivity index (χ4v) is 3.69. The van der Waals surface area contributed by atoms with Crippen LogP contribution < -0.4 is 4.90 Å². The van der Waals surface area contributed by atoms with E-state index in [9.17, 15) is 0 Å². The van der Waals surface area contributed by atoms with Gasteiger partial charge in [-0.15, -0.1) is 0 Å². The summed E-state index contributed by atoms with van der Waals surface area (Å²) in [6.45, 7) is 4.95. The van der Waals surface area contributed by atoms with Gasteiger partial charge >= 0.3 is 0 Å². The first kappa shape index (κ1) is 14.8. The van der Waals surface area contributed by atoms with E-state index in [0.29, 0.717) is 12.0 Å². The zero-order valence-corrected chi connectivity index (χ0v) is 13.1. The molecule has 0 spiro atoms. The summed E-state index contributed by atoms with van der Waals surface area (Å²) >= 11 is 0. The summed E-state index contributed by atoms with van der Waals surface area (Å²) in [5.41, 5.74) is 1.16. The lowest BCUT2D eigenvalue weighted by molar-refractivity contribution is 0.193. The average Bonchev–Trinajstić information content (AvgIpc) is 2.93. The van der Waals surface area contributed by atoms with E-state index in [1.807, 2.05) is 0 Å². The van der Waals surface area contributed by atoms with Crippen molar-refractivity contribution in [2.24, 2.45) is 0 Å². The monoisotopic (exact) mass is 289 g/mol. The highest BCUT2D eigenvalue weighted by atomic mass is 16.5. The van der Waals surface area contributed by atoms with Crippen molar-refractivity contribution in [1.29, 1.82) is 0 Å². The summed E-state index contributed by atoms with van der Waals surface area (Å²) in [6, 6.07) is 2.85. The van der Waals surface area contributed by atoms with Gasteiger partial charge in [0.15, 0.2) is 0 Å². The number of hydrogen-bond donors (Lipinski definition) is 0. The quantitative estimate of drug-likeness (QED) is 0.795. The molecule has 0 bridgehead atoms. The predicted octanol–water partition coefficient (Wildman–Crippen LogP) is 3.53. The van der Waals surface area contributed by atoms with Crippen molar-refractivity contribution >= 4 is 5.82 Å². The molecule has 0 aromatic carbocycles. The van der Waals surface area contributed by atoms with Crippen LogP contribution in [0.5, 0.6) is 0 Å². The lowest BCUT2D eigenvalue weighted by Gasteiger charge is -2.31. The molecule has 1 aliphatic heterocycles. The summed E-state index contributed by atoms with van der Waals surface area (Å²) in [5.74, 6) is 1.57. The maximum atomic E-state index is 5.50. The van der Waals surface area contributed by atoms with E-state index in [0.717, 1.165) is 37.7 Å². The Morgan fingerprint density at radius 1 is 1.14 bits per heavy atom. The van der Waals surface area contributed by atoms with Crippen molar-refractivity contribution in [3.8, 4) is 0 Å². The number of ether oxygens (including phenoxy) is 1. The smallest absolute Gasteiger partial charge is 0.132 e. The van der Waals surface area contributed by atoms with Crippen LogP contribution in [0.4, 0.5) is 5.82 Å². The first-order chi connectivity index (χ1) is 10.4. The normalized spacial score (nSPS) is 24.0. The van der Waals surface area contributed by atoms with Crippen molar-refractivity contribution in [2.45, 2.75) is 63.8 Å². The van der Waals surface area contributed by atoms with Gasteiger partial charge in [0.1, 0.15) is 12.1 Å². The van der Waals surface area contributed by atoms with Crippen LogP contribution in [0, 0.1) is 0 Å². The van der Waals surface area contributed by atoms with Crippen molar-refractivity contribution in [3.63, 3.8) is 0 Å². The van der Waals surface area contributed by atoms with Crippen molar-refractivity contribution in [2.75, 3.05) is 24.7 Å². The Hall–Kier alpha value is -1.16. The zero-order valence-electron chi connectivity index (χ0n) is 13.1. The molecule has 0 radical (unpaired) electrons. The van der Waals surface area contributed by atoms with E-state index in [1.165, 1.54) is 38.5 Å². The first-order valence-corrected chi connectivity index (χ1v) is 8.55. The van der Waals surface area contributed by atoms with Crippen molar-refractivity contribution < 1.29 is 4.74 Å². The second-order valence-electron chi connectivity index (χ2n) is 6.29. The highest BCUT2D eigenvalue weighted by Gasteiger charge is 2.23. The van der Waals surface area contributed by atoms with Gasteiger partial charge in [0.2, 0.25) is 0 Å². The molecule has 0 N–H and O–H groups in total. The van der Waals surface area contributed by atoms with Gasteiger partial charge in [-0.3, -0.25) is 0 Å². The number of nitrogens with zero attached hydrogens (tertiary/aromatic N) is 3. The summed E-state index contributed by atoms with van der Waals surface area (Å²) in [7, 11) is 0. The Bertz CT molecular complexity index is 437. The van der Waals surface area contributed by atoms with Gasteiger partial charge in [0, 0.05) is 31.2 Å². The SMILES string of the molecule is CCN(c1cc([C@H]2CCOC2)ncn1)C1CCCCCC1. The fraction of sp³-hybridized carbons (Fsp3) is 0.765. The minimum absolute atomic E-state index is 0.458. The van der Waals surface area contributed by atoms with Crippen LogP contribution in [0.3, 0.4) is 0 Å². The van der Waals surface area contributed by atoms with E-state index >= 15 is 0 Å². The van der Waals surface area contributed by atoms with Crippen LogP contribution in [0.15, 0.2) is 12.4 Å². The fourth-order valence-electron chi connectivity index (χ4n) is 3.69. The van der Waals surface area contributed by atoms with Crippen molar-refractivity contribution in [3.05, 3.63) is 18.1 Å². The first-order valence-electron chi connectivity index (χ1n) is 8.55. The Morgan fingerprint density at radius 3 is 2.62 bits per heavy atom. The van der Waals surface area contributed by atoms with Crippen molar-refractivity contribution in [1.82, 2.24) is 9.97 Å². The summed E-state index contributed by atoms with van der Waals surface area (Å²) < 4.78 is 5.50. The second kappa shape index (κ2) is 7.21. The number of anilines is 1. The Kier molecular flexibility index (Phi) is 5.07. The molecule has 1 aromatic heterocycles. The van der Waals surface area contributed by atoms with Gasteiger partial charge < -0.3 is 9.64 Å². The molecule has 1 atom stereocenters. The highest BCUT2D eigenvalue weighted by molar-refractivity contribution is 5.41. The Balaban J connectivity index is 1.77. The van der Waals surface area contributed by atoms with Crippen LogP contribution in [-0.4, -0.2) is 35.8 Å². The summed E-state index contributed by atoms with van der Waals surface area (Å²) in [5, 5.41) is 0. The lowest BCUT2D eigenvalue weighted by atomic mass is 10.0. The molecule has 4 nitrogen and oxygen atoms in total. The lowest BCUT2D eigenvalue weighted by Crippen LogP contribution is -2.35. The molecule has 1 saturated carbocycles. The molecular weight excluding hydrogens is 262 g/mol. The van der Waals surface area contributed by atoms with E-state index in [1.54, 1.807) is 6.33 Å². The van der Waals surface area contributed by atoms with E-state index in [-0.39, 0.29) is 0 Å². The molecule has 116 valence electrons. The summed E-state index contributed by atoms with van der Waals surface area (Å²) in [4.78, 5) is 11.5. The van der Waals surface area contributed by atoms with E-state index in [4.69, 9.17) is 4.74 Å². The number of aromatic nitrogens is 2. The molecule has 0 unspecified atom stereocenters. The van der Waals surface area contributed by atoms with E-state index in [2.05, 4.69) is 27.9 Å². The van der Waals surface area contributed by atoms with E-state index < -0.39 is 0 Å². The van der Waals surface area contributed by atoms with Gasteiger partial charge in [0.25, 0.3) is 0 Å². The molecule has 1 aromatic rings. The highest BCUT2D eigenvalue weighted by Crippen LogP contribution is 2.28. The van der Waals surface area contributed by atoms with Crippen LogP contribution in [0.1, 0.15) is 63.5 Å². The third-order valence-electron chi connectivity index (χ3n) is 4.92. The topological polar surface area (TPSA) is 38.2 Å². The Morgan fingerprint density at radius 2 is 1.95 bits per heavy atom. The van der Waals surface area contributed by atoms with Crippen LogP contribution in [-0.2, 0) is 4.74 Å². The predicted molar refractivity (Wildman–Crippen MR) is 84.7 cm³/mol. The minimum Gasteiger partial charge on any atom is -0.381 e. The number of hydrogen-bond acceptors (Lipinski definition) is 4. The molecule has 1 saturated heterocycles. The van der Waals surface area contributed by atoms with Gasteiger partial charge in [-0.1, -0.05) is 25.7 Å². The third-order valence-corrected chi connectivity index (χ3v) is 4.92. The zero-order chi connectivity index (χ0) is 14.5. The van der Waals surface area contributed by atoms with Crippen LogP contribution in [0.2, 0.25) is 0 Å². The average molecular weight is 289 g/mol. The molecule has 2 heterocycles. The molecule has 2 aliphatic rings. The largest absolute Gasteiger partial charge is 0.381 e. The Labute approximate surface area is 127 Å². The van der Waals surface area contributed by atoms with Gasteiger partial charge in [-0.25, -0.2) is 9.97 Å². The van der Waals surface area contributed by atoms with Crippen LogP contribution in [0.25, 0.3) is 0 Å². The van der Waals surface area contributed by atoms with Crippen LogP contribution >= 0.6 is 0 Å². The maximum absolute atomic E-state index is 5.50. The second-order valence-corrected chi connectivity index (χ2v) is 6.29. The number of rotatable bonds is 4. The molecule has 21 heavy (non-hydrogen) atoms. The molecular formula is C17H27N3O. The molecule has 4 heteroatoms. The molecule has 3 rings (SSSR count). The van der Waals surface area contributed by atoms with Gasteiger partial charge in [-0.2, -0.15) is 0 Å². The van der Waals surface area contributed by atoms with Gasteiger partial charge in [0.05, 0.1) is 12.3 Å². The maximum Gasteiger partial charge on any atom is 0.132 e. The third kappa shape index (κ3) is 3.54. The molecule has 2 fully saturated rings. The minimum atomic E-state index is 0.458. The standard InChI is InChI=1S/C17H27N3O/c1-2-20(15-7-5-3-4-6-8-15)17-11-16(18-13-19-17)14-9-10-21-12-14/h11,13-15H,2-10,12H2,1H3/t14-/m0/s1. The molecule has 0 amide bonds.